The van der Waals surface area contributed by atoms with Gasteiger partial charge in [-0.15, -0.1) is 11.8 Å². The van der Waals surface area contributed by atoms with E-state index in [0.717, 1.165) is 0 Å². The van der Waals surface area contributed by atoms with Gasteiger partial charge in [-0.25, -0.2) is 0 Å². The fraction of sp³-hybridized carbons (Fsp3) is 0.500. The number of hydrogen-bond acceptors (Lipinski definition) is 2. The van der Waals surface area contributed by atoms with Crippen LogP contribution in [0.2, 0.25) is 0 Å². The highest BCUT2D eigenvalue weighted by Crippen LogP contribution is 2.57. The number of nitrogens with two attached hydrogens (primary N) is 1. The van der Waals surface area contributed by atoms with Crippen molar-refractivity contribution in [2.45, 2.75) is 30.7 Å². The molecular weight excluding hydrogens is 190 g/mol. The lowest BCUT2D eigenvalue weighted by Crippen LogP contribution is -2.06. The fourth-order valence-corrected chi connectivity index (χ4v) is 2.53. The molecule has 1 saturated carbocycles. The molecule has 2 atom stereocenters. The Morgan fingerprint density at radius 1 is 1.21 bits per heavy atom. The summed E-state index contributed by atoms with van der Waals surface area (Å²) in [5, 5.41) is 0. The van der Waals surface area contributed by atoms with Gasteiger partial charge >= 0.3 is 0 Å². The summed E-state index contributed by atoms with van der Waals surface area (Å²) in [5.74, 6) is 0.554. The molecule has 2 heteroatoms. The summed E-state index contributed by atoms with van der Waals surface area (Å²) in [5.41, 5.74) is 7.72. The third kappa shape index (κ3) is 1.47. The highest BCUT2D eigenvalue weighted by Gasteiger charge is 2.55. The third-order valence-electron chi connectivity index (χ3n) is 3.39. The normalized spacial score (nSPS) is 28.9. The first-order valence-corrected chi connectivity index (χ1v) is 6.19. The van der Waals surface area contributed by atoms with E-state index in [2.05, 4.69) is 44.4 Å². The molecule has 0 aliphatic heterocycles. The van der Waals surface area contributed by atoms with E-state index < -0.39 is 0 Å². The van der Waals surface area contributed by atoms with Crippen LogP contribution >= 0.6 is 11.8 Å². The smallest absolute Gasteiger partial charge is 0.0172 e. The van der Waals surface area contributed by atoms with Crippen molar-refractivity contribution in [1.82, 2.24) is 0 Å². The predicted molar refractivity (Wildman–Crippen MR) is 62.7 cm³/mol. The van der Waals surface area contributed by atoms with Gasteiger partial charge in [0, 0.05) is 16.9 Å². The molecule has 14 heavy (non-hydrogen) atoms. The van der Waals surface area contributed by atoms with E-state index in [4.69, 9.17) is 5.73 Å². The van der Waals surface area contributed by atoms with Gasteiger partial charge in [0.05, 0.1) is 0 Å². The highest BCUT2D eigenvalue weighted by molar-refractivity contribution is 7.98. The van der Waals surface area contributed by atoms with E-state index in [1.807, 2.05) is 0 Å². The molecule has 1 aromatic rings. The Morgan fingerprint density at radius 2 is 1.71 bits per heavy atom. The molecule has 2 N–H and O–H groups in total. The first kappa shape index (κ1) is 10.1. The van der Waals surface area contributed by atoms with Crippen molar-refractivity contribution in [3.63, 3.8) is 0 Å². The summed E-state index contributed by atoms with van der Waals surface area (Å²) in [6.07, 6.45) is 2.10. The van der Waals surface area contributed by atoms with Crippen LogP contribution in [-0.4, -0.2) is 12.3 Å². The molecule has 0 spiro atoms. The van der Waals surface area contributed by atoms with Gasteiger partial charge in [-0.1, -0.05) is 26.0 Å². The van der Waals surface area contributed by atoms with Crippen LogP contribution in [0.1, 0.15) is 25.3 Å². The Bertz CT molecular complexity index is 329. The van der Waals surface area contributed by atoms with Gasteiger partial charge in [-0.2, -0.15) is 0 Å². The number of rotatable bonds is 2. The van der Waals surface area contributed by atoms with Gasteiger partial charge in [-0.3, -0.25) is 0 Å². The molecule has 1 nitrogen and oxygen atoms in total. The lowest BCUT2D eigenvalue weighted by molar-refractivity contribution is 0.599. The minimum Gasteiger partial charge on any atom is -0.327 e. The fourth-order valence-electron chi connectivity index (χ4n) is 2.13. The SMILES string of the molecule is CSc1ccc([C@H]2[C@H](N)C2(C)C)cc1. The van der Waals surface area contributed by atoms with Gasteiger partial charge in [-0.05, 0) is 29.4 Å². The molecule has 0 aromatic heterocycles. The Morgan fingerprint density at radius 3 is 2.07 bits per heavy atom. The largest absolute Gasteiger partial charge is 0.327 e. The zero-order valence-corrected chi connectivity index (χ0v) is 9.77. The van der Waals surface area contributed by atoms with Gasteiger partial charge in [0.2, 0.25) is 0 Å². The average Bonchev–Trinajstić information content (AvgIpc) is 2.67. The van der Waals surface area contributed by atoms with Crippen LogP contribution in [0.5, 0.6) is 0 Å². The molecule has 1 aromatic carbocycles. The van der Waals surface area contributed by atoms with Crippen LogP contribution < -0.4 is 5.73 Å². The van der Waals surface area contributed by atoms with E-state index in [-0.39, 0.29) is 0 Å². The second kappa shape index (κ2) is 3.28. The summed E-state index contributed by atoms with van der Waals surface area (Å²) < 4.78 is 0. The molecule has 1 fully saturated rings. The molecule has 0 amide bonds. The lowest BCUT2D eigenvalue weighted by atomic mass is 10.0. The summed E-state index contributed by atoms with van der Waals surface area (Å²) in [7, 11) is 0. The Kier molecular flexibility index (Phi) is 2.36. The third-order valence-corrected chi connectivity index (χ3v) is 4.13. The van der Waals surface area contributed by atoms with Crippen molar-refractivity contribution in [2.24, 2.45) is 11.1 Å². The molecule has 0 heterocycles. The van der Waals surface area contributed by atoms with Gasteiger partial charge in [0.25, 0.3) is 0 Å². The molecule has 1 aliphatic rings. The van der Waals surface area contributed by atoms with Crippen molar-refractivity contribution in [1.29, 1.82) is 0 Å². The van der Waals surface area contributed by atoms with Crippen molar-refractivity contribution in [3.05, 3.63) is 29.8 Å². The van der Waals surface area contributed by atoms with E-state index in [0.29, 0.717) is 17.4 Å². The lowest BCUT2D eigenvalue weighted by Gasteiger charge is -2.03. The number of thioether (sulfide) groups is 1. The summed E-state index contributed by atoms with van der Waals surface area (Å²) >= 11 is 1.78. The standard InChI is InChI=1S/C12H17NS/c1-12(2)10(11(12)13)8-4-6-9(14-3)7-5-8/h4-7,10-11H,13H2,1-3H3/t10-,11-/m0/s1. The predicted octanol–water partition coefficient (Wildman–Crippen LogP) is 2.86. The topological polar surface area (TPSA) is 26.0 Å². The van der Waals surface area contributed by atoms with Crippen molar-refractivity contribution < 1.29 is 0 Å². The van der Waals surface area contributed by atoms with E-state index >= 15 is 0 Å². The van der Waals surface area contributed by atoms with Crippen LogP contribution in [0.4, 0.5) is 0 Å². The second-order valence-electron chi connectivity index (χ2n) is 4.60. The summed E-state index contributed by atoms with van der Waals surface area (Å²) in [6, 6.07) is 9.13. The maximum atomic E-state index is 6.04. The van der Waals surface area contributed by atoms with Crippen LogP contribution in [0.15, 0.2) is 29.2 Å². The van der Waals surface area contributed by atoms with Gasteiger partial charge in [0.15, 0.2) is 0 Å². The molecule has 0 saturated heterocycles. The molecule has 2 rings (SSSR count). The van der Waals surface area contributed by atoms with E-state index in [9.17, 15) is 0 Å². The number of hydrogen-bond donors (Lipinski definition) is 1. The van der Waals surface area contributed by atoms with Crippen molar-refractivity contribution in [2.75, 3.05) is 6.26 Å². The monoisotopic (exact) mass is 207 g/mol. The van der Waals surface area contributed by atoms with E-state index in [1.54, 1.807) is 11.8 Å². The summed E-state index contributed by atoms with van der Waals surface area (Å²) in [6.45, 7) is 4.48. The zero-order chi connectivity index (χ0) is 10.3. The molecule has 0 radical (unpaired) electrons. The Balaban J connectivity index is 2.20. The average molecular weight is 207 g/mol. The van der Waals surface area contributed by atoms with Gasteiger partial charge in [0.1, 0.15) is 0 Å². The molecule has 76 valence electrons. The first-order valence-electron chi connectivity index (χ1n) is 4.97. The van der Waals surface area contributed by atoms with Crippen LogP contribution in [0.3, 0.4) is 0 Å². The molecule has 1 aliphatic carbocycles. The molecule has 0 unspecified atom stereocenters. The maximum absolute atomic E-state index is 6.04. The highest BCUT2D eigenvalue weighted by atomic mass is 32.2. The summed E-state index contributed by atoms with van der Waals surface area (Å²) in [4.78, 5) is 1.32. The van der Waals surface area contributed by atoms with Crippen LogP contribution in [0, 0.1) is 5.41 Å². The van der Waals surface area contributed by atoms with Crippen molar-refractivity contribution in [3.8, 4) is 0 Å². The van der Waals surface area contributed by atoms with Gasteiger partial charge < -0.3 is 5.73 Å². The first-order chi connectivity index (χ1) is 6.57. The molecular formula is C12H17NS. The Labute approximate surface area is 90.1 Å². The Hall–Kier alpha value is -0.470. The molecule has 0 bridgehead atoms. The van der Waals surface area contributed by atoms with Crippen molar-refractivity contribution >= 4 is 11.8 Å². The van der Waals surface area contributed by atoms with Crippen LogP contribution in [-0.2, 0) is 0 Å². The quantitative estimate of drug-likeness (QED) is 0.755. The minimum absolute atomic E-state index is 0.293. The zero-order valence-electron chi connectivity index (χ0n) is 8.95. The minimum atomic E-state index is 0.293. The second-order valence-corrected chi connectivity index (χ2v) is 5.48. The van der Waals surface area contributed by atoms with Crippen LogP contribution in [0.25, 0.3) is 0 Å². The van der Waals surface area contributed by atoms with E-state index in [1.165, 1.54) is 10.5 Å². The maximum Gasteiger partial charge on any atom is 0.0172 e. The number of benzene rings is 1.